The topological polar surface area (TPSA) is 116 Å². The van der Waals surface area contributed by atoms with E-state index in [0.717, 1.165) is 76.0 Å². The summed E-state index contributed by atoms with van der Waals surface area (Å²) in [5, 5.41) is 3.19. The standard InChI is InChI=1S/C19H28N8O/c20-19-24-16-15(21-11-22-16)17(25-19)26-8-5-14(6-9-26)27-7-1-2-12(10-27)18(28)23-13-3-4-13/h11-14H,1-10H2,(H,23,28)(H3,20,21,22,24,25). The van der Waals surface area contributed by atoms with E-state index in [1.807, 2.05) is 0 Å². The molecule has 0 spiro atoms. The van der Waals surface area contributed by atoms with E-state index < -0.39 is 0 Å². The number of likely N-dealkylation sites (tertiary alicyclic amines) is 1. The maximum atomic E-state index is 12.5. The van der Waals surface area contributed by atoms with Crippen LogP contribution in [0.3, 0.4) is 0 Å². The van der Waals surface area contributed by atoms with Crippen LogP contribution in [0.4, 0.5) is 11.8 Å². The van der Waals surface area contributed by atoms with Crippen LogP contribution >= 0.6 is 0 Å². The molecule has 2 aromatic rings. The number of anilines is 2. The number of imidazole rings is 1. The summed E-state index contributed by atoms with van der Waals surface area (Å²) in [5.41, 5.74) is 7.33. The van der Waals surface area contributed by atoms with Crippen LogP contribution in [-0.4, -0.2) is 69.0 Å². The van der Waals surface area contributed by atoms with E-state index in [1.165, 1.54) is 0 Å². The molecule has 9 nitrogen and oxygen atoms in total. The van der Waals surface area contributed by atoms with Gasteiger partial charge in [0.05, 0.1) is 12.2 Å². The molecule has 4 heterocycles. The van der Waals surface area contributed by atoms with Crippen molar-refractivity contribution in [2.24, 2.45) is 5.92 Å². The Labute approximate surface area is 164 Å². The average molecular weight is 384 g/mol. The zero-order valence-electron chi connectivity index (χ0n) is 16.1. The molecule has 4 N–H and O–H groups in total. The number of hydrogen-bond donors (Lipinski definition) is 3. The lowest BCUT2D eigenvalue weighted by molar-refractivity contribution is -0.127. The Kier molecular flexibility index (Phi) is 4.54. The van der Waals surface area contributed by atoms with E-state index in [9.17, 15) is 4.79 Å². The molecule has 28 heavy (non-hydrogen) atoms. The molecule has 2 aromatic heterocycles. The van der Waals surface area contributed by atoms with Gasteiger partial charge in [-0.3, -0.25) is 9.69 Å². The van der Waals surface area contributed by atoms with Crippen molar-refractivity contribution in [1.82, 2.24) is 30.2 Å². The quantitative estimate of drug-likeness (QED) is 0.717. The van der Waals surface area contributed by atoms with Gasteiger partial charge in [0.2, 0.25) is 11.9 Å². The van der Waals surface area contributed by atoms with E-state index in [2.05, 4.69) is 35.1 Å². The number of amides is 1. The predicted octanol–water partition coefficient (Wildman–Crippen LogP) is 0.895. The summed E-state index contributed by atoms with van der Waals surface area (Å²) in [7, 11) is 0. The van der Waals surface area contributed by atoms with Crippen LogP contribution in [0, 0.1) is 5.92 Å². The van der Waals surface area contributed by atoms with Crippen LogP contribution in [0.25, 0.3) is 11.2 Å². The molecule has 0 aromatic carbocycles. The molecule has 2 saturated heterocycles. The molecule has 150 valence electrons. The molecule has 3 fully saturated rings. The van der Waals surface area contributed by atoms with Crippen molar-refractivity contribution in [1.29, 1.82) is 0 Å². The number of nitrogens with zero attached hydrogens (tertiary/aromatic N) is 5. The molecule has 1 unspecified atom stereocenters. The molecule has 1 amide bonds. The third-order valence-corrected chi connectivity index (χ3v) is 6.31. The van der Waals surface area contributed by atoms with E-state index in [-0.39, 0.29) is 17.8 Å². The first-order valence-corrected chi connectivity index (χ1v) is 10.4. The number of nitrogen functional groups attached to an aromatic ring is 1. The van der Waals surface area contributed by atoms with Gasteiger partial charge < -0.3 is 20.9 Å². The molecule has 2 aliphatic heterocycles. The van der Waals surface area contributed by atoms with Gasteiger partial charge in [0, 0.05) is 31.7 Å². The van der Waals surface area contributed by atoms with E-state index in [0.29, 0.717) is 17.7 Å². The maximum Gasteiger partial charge on any atom is 0.224 e. The summed E-state index contributed by atoms with van der Waals surface area (Å²) in [5.74, 6) is 1.53. The first-order valence-electron chi connectivity index (χ1n) is 10.4. The van der Waals surface area contributed by atoms with Gasteiger partial charge in [-0.15, -0.1) is 0 Å². The minimum Gasteiger partial charge on any atom is -0.368 e. The average Bonchev–Trinajstić information content (AvgIpc) is 3.41. The Bertz CT molecular complexity index is 855. The van der Waals surface area contributed by atoms with Crippen molar-refractivity contribution < 1.29 is 4.79 Å². The minimum atomic E-state index is 0.152. The highest BCUT2D eigenvalue weighted by Gasteiger charge is 2.34. The number of hydrogen-bond acceptors (Lipinski definition) is 7. The second-order valence-electron chi connectivity index (χ2n) is 8.34. The minimum absolute atomic E-state index is 0.152. The normalized spacial score (nSPS) is 24.6. The molecule has 1 atom stereocenters. The number of nitrogens with one attached hydrogen (secondary N) is 2. The van der Waals surface area contributed by atoms with Crippen molar-refractivity contribution in [3.63, 3.8) is 0 Å². The maximum absolute atomic E-state index is 12.5. The number of fused-ring (bicyclic) bond motifs is 1. The second-order valence-corrected chi connectivity index (χ2v) is 8.34. The number of nitrogens with two attached hydrogens (primary N) is 1. The molecular weight excluding hydrogens is 356 g/mol. The van der Waals surface area contributed by atoms with Gasteiger partial charge in [-0.2, -0.15) is 9.97 Å². The highest BCUT2D eigenvalue weighted by Crippen LogP contribution is 2.29. The summed E-state index contributed by atoms with van der Waals surface area (Å²) in [6, 6.07) is 0.981. The van der Waals surface area contributed by atoms with Gasteiger partial charge in [-0.1, -0.05) is 0 Å². The van der Waals surface area contributed by atoms with Gasteiger partial charge in [0.25, 0.3) is 0 Å². The Balaban J connectivity index is 1.21. The Morgan fingerprint density at radius 3 is 2.75 bits per heavy atom. The number of carbonyl (C=O) groups excluding carboxylic acids is 1. The Morgan fingerprint density at radius 2 is 1.96 bits per heavy atom. The lowest BCUT2D eigenvalue weighted by Gasteiger charge is -2.42. The van der Waals surface area contributed by atoms with Crippen LogP contribution in [-0.2, 0) is 4.79 Å². The zero-order valence-corrected chi connectivity index (χ0v) is 16.1. The molecule has 9 heteroatoms. The summed E-state index contributed by atoms with van der Waals surface area (Å²) in [4.78, 5) is 33.3. The van der Waals surface area contributed by atoms with E-state index in [1.54, 1.807) is 6.33 Å². The lowest BCUT2D eigenvalue weighted by atomic mass is 9.93. The third kappa shape index (κ3) is 3.50. The second kappa shape index (κ2) is 7.20. The van der Waals surface area contributed by atoms with Crippen LogP contribution in [0.1, 0.15) is 38.5 Å². The molecule has 3 aliphatic rings. The molecular formula is C19H28N8O. The van der Waals surface area contributed by atoms with Crippen molar-refractivity contribution in [3.8, 4) is 0 Å². The van der Waals surface area contributed by atoms with Gasteiger partial charge >= 0.3 is 0 Å². The van der Waals surface area contributed by atoms with Gasteiger partial charge in [0.1, 0.15) is 5.52 Å². The summed E-state index contributed by atoms with van der Waals surface area (Å²) < 4.78 is 0. The van der Waals surface area contributed by atoms with Gasteiger partial charge in [0.15, 0.2) is 11.5 Å². The fourth-order valence-corrected chi connectivity index (χ4v) is 4.60. The predicted molar refractivity (Wildman–Crippen MR) is 107 cm³/mol. The monoisotopic (exact) mass is 384 g/mol. The van der Waals surface area contributed by atoms with Crippen molar-refractivity contribution in [3.05, 3.63) is 6.33 Å². The van der Waals surface area contributed by atoms with Gasteiger partial charge in [-0.25, -0.2) is 4.98 Å². The third-order valence-electron chi connectivity index (χ3n) is 6.31. The summed E-state index contributed by atoms with van der Waals surface area (Å²) >= 11 is 0. The van der Waals surface area contributed by atoms with E-state index >= 15 is 0 Å². The van der Waals surface area contributed by atoms with E-state index in [4.69, 9.17) is 5.73 Å². The zero-order chi connectivity index (χ0) is 19.1. The highest BCUT2D eigenvalue weighted by atomic mass is 16.2. The number of H-pyrrole nitrogens is 1. The molecule has 0 radical (unpaired) electrons. The first kappa shape index (κ1) is 17.7. The molecule has 5 rings (SSSR count). The lowest BCUT2D eigenvalue weighted by Crippen LogP contribution is -2.51. The van der Waals surface area contributed by atoms with Crippen molar-refractivity contribution in [2.45, 2.75) is 50.6 Å². The number of piperidine rings is 2. The number of carbonyl (C=O) groups is 1. The smallest absolute Gasteiger partial charge is 0.224 e. The van der Waals surface area contributed by atoms with Crippen molar-refractivity contribution in [2.75, 3.05) is 36.8 Å². The van der Waals surface area contributed by atoms with Crippen LogP contribution in [0.5, 0.6) is 0 Å². The largest absolute Gasteiger partial charge is 0.368 e. The van der Waals surface area contributed by atoms with Gasteiger partial charge in [-0.05, 0) is 45.1 Å². The summed E-state index contributed by atoms with van der Waals surface area (Å²) in [6.07, 6.45) is 8.20. The molecule has 0 bridgehead atoms. The molecule has 1 aliphatic carbocycles. The van der Waals surface area contributed by atoms with Crippen LogP contribution in [0.15, 0.2) is 6.33 Å². The highest BCUT2D eigenvalue weighted by molar-refractivity contribution is 5.84. The number of aromatic amines is 1. The fourth-order valence-electron chi connectivity index (χ4n) is 4.60. The SMILES string of the molecule is Nc1nc(N2CCC(N3CCCC(C(=O)NC4CC4)C3)CC2)c2[nH]cnc2n1. The van der Waals surface area contributed by atoms with Crippen LogP contribution < -0.4 is 16.0 Å². The first-order chi connectivity index (χ1) is 13.7. The number of rotatable bonds is 4. The Hall–Kier alpha value is -2.42. The fraction of sp³-hybridized carbons (Fsp3) is 0.684. The van der Waals surface area contributed by atoms with Crippen molar-refractivity contribution >= 4 is 28.8 Å². The van der Waals surface area contributed by atoms with Crippen LogP contribution in [0.2, 0.25) is 0 Å². The number of aromatic nitrogens is 4. The molecule has 1 saturated carbocycles. The summed E-state index contributed by atoms with van der Waals surface area (Å²) in [6.45, 7) is 3.84. The Morgan fingerprint density at radius 1 is 1.14 bits per heavy atom.